The van der Waals surface area contributed by atoms with Crippen LogP contribution in [0.15, 0.2) is 68.2 Å². The first kappa shape index (κ1) is 26.0. The normalized spacial score (nSPS) is 35.2. The van der Waals surface area contributed by atoms with E-state index in [2.05, 4.69) is 58.5 Å². The van der Waals surface area contributed by atoms with Gasteiger partial charge >= 0.3 is 9.75 Å². The zero-order valence-corrected chi connectivity index (χ0v) is 26.3. The van der Waals surface area contributed by atoms with Crippen molar-refractivity contribution in [1.29, 1.82) is 0 Å². The second-order valence-corrected chi connectivity index (χ2v) is 16.8. The van der Waals surface area contributed by atoms with Crippen LogP contribution < -0.4 is 19.2 Å². The van der Waals surface area contributed by atoms with Crippen molar-refractivity contribution in [3.63, 3.8) is 0 Å². The molecule has 42 heavy (non-hydrogen) atoms. The molecule has 5 aliphatic rings. The second-order valence-electron chi connectivity index (χ2n) is 12.4. The highest BCUT2D eigenvalue weighted by molar-refractivity contribution is 8.00. The predicted octanol–water partition coefficient (Wildman–Crippen LogP) is 6.63. The Hall–Kier alpha value is -2.40. The quantitative estimate of drug-likeness (QED) is 0.262. The molecule has 2 bridgehead atoms. The van der Waals surface area contributed by atoms with E-state index < -0.39 is 0 Å². The summed E-state index contributed by atoms with van der Waals surface area (Å²) in [4.78, 5) is 34.2. The Kier molecular flexibility index (Phi) is 5.92. The fourth-order valence-corrected chi connectivity index (χ4v) is 15.2. The van der Waals surface area contributed by atoms with Crippen LogP contribution in [0.1, 0.15) is 45.6 Å². The van der Waals surface area contributed by atoms with Crippen molar-refractivity contribution in [2.75, 3.05) is 14.2 Å². The largest absolute Gasteiger partial charge is 0.497 e. The Labute approximate surface area is 259 Å². The SMILES string of the molecule is COc1ccc([C@@H]2c3sc(=O)[nH]c3S[C@@H]3[C@H]4C[C@@H]([C@@H]5C[C@@H]6Sc7[nH]c(=O)sc7[C@H](c7ccc(OC)cc7)[C@@H]6[C@@H]45)[C@@H]23)cc1. The molecule has 4 heterocycles. The lowest BCUT2D eigenvalue weighted by Crippen LogP contribution is -2.42. The monoisotopic (exact) mass is 634 g/mol. The topological polar surface area (TPSA) is 84.2 Å². The Morgan fingerprint density at radius 3 is 1.74 bits per heavy atom. The molecular formula is C32H30N2O4S4. The van der Waals surface area contributed by atoms with Gasteiger partial charge in [-0.25, -0.2) is 0 Å². The standard InChI is InChI=1S/C32H30N2O4S4/c1-37-15-7-3-13(4-8-15)21-24-17-11-19(26(24)40-30-27(21)41-32(36)34-30)23-18(17)12-20-25(23)22(14-5-9-16(38-2)10-6-14)28-29(39-20)33-31(35)42-28/h3-10,17-26H,11-12H2,1-2H3,(H,33,35)(H,34,36)/t17-,18-,19-,20-,21-,22+,23+,24-,25+,26+/m0/s1. The van der Waals surface area contributed by atoms with Crippen LogP contribution in [-0.4, -0.2) is 34.7 Å². The minimum Gasteiger partial charge on any atom is -0.497 e. The van der Waals surface area contributed by atoms with Crippen LogP contribution in [0.25, 0.3) is 0 Å². The summed E-state index contributed by atoms with van der Waals surface area (Å²) in [5.74, 6) is 5.70. The van der Waals surface area contributed by atoms with Crippen LogP contribution in [0, 0.1) is 35.5 Å². The number of ether oxygens (including phenoxy) is 2. The summed E-state index contributed by atoms with van der Waals surface area (Å²) in [5, 5.41) is 3.14. The number of thiazole rings is 2. The average molecular weight is 635 g/mol. The van der Waals surface area contributed by atoms with Crippen molar-refractivity contribution < 1.29 is 9.47 Å². The van der Waals surface area contributed by atoms with Gasteiger partial charge in [-0.2, -0.15) is 0 Å². The van der Waals surface area contributed by atoms with Crippen molar-refractivity contribution in [1.82, 2.24) is 9.97 Å². The highest BCUT2D eigenvalue weighted by atomic mass is 32.2. The van der Waals surface area contributed by atoms with E-state index in [9.17, 15) is 9.59 Å². The smallest absolute Gasteiger partial charge is 0.305 e. The van der Waals surface area contributed by atoms with Crippen molar-refractivity contribution in [3.8, 4) is 11.5 Å². The minimum atomic E-state index is 0.0506. The van der Waals surface area contributed by atoms with Crippen molar-refractivity contribution >= 4 is 46.2 Å². The van der Waals surface area contributed by atoms with E-state index in [1.54, 1.807) is 14.2 Å². The third kappa shape index (κ3) is 3.64. The molecular weight excluding hydrogens is 605 g/mol. The molecule has 2 N–H and O–H groups in total. The summed E-state index contributed by atoms with van der Waals surface area (Å²) < 4.78 is 11.0. The number of rotatable bonds is 4. The number of nitrogens with one attached hydrogen (secondary N) is 2. The summed E-state index contributed by atoms with van der Waals surface area (Å²) in [7, 11) is 3.42. The van der Waals surface area contributed by atoms with Crippen LogP contribution in [0.2, 0.25) is 0 Å². The van der Waals surface area contributed by atoms with Gasteiger partial charge in [0.2, 0.25) is 0 Å². The molecule has 10 heteroatoms. The van der Waals surface area contributed by atoms with Gasteiger partial charge in [-0.1, -0.05) is 46.9 Å². The molecule has 2 aromatic carbocycles. The number of hydrogen-bond acceptors (Lipinski definition) is 8. The molecule has 2 aromatic heterocycles. The molecule has 216 valence electrons. The summed E-state index contributed by atoms with van der Waals surface area (Å²) in [6.07, 6.45) is 2.47. The zero-order valence-electron chi connectivity index (χ0n) is 23.1. The molecule has 10 atom stereocenters. The lowest BCUT2D eigenvalue weighted by atomic mass is 9.65. The molecule has 3 fully saturated rings. The van der Waals surface area contributed by atoms with Crippen molar-refractivity contribution in [3.05, 3.63) is 88.7 Å². The highest BCUT2D eigenvalue weighted by Crippen LogP contribution is 2.74. The number of methoxy groups -OCH3 is 2. The Morgan fingerprint density at radius 1 is 0.643 bits per heavy atom. The molecule has 0 amide bonds. The number of fused-ring (bicyclic) bond motifs is 12. The van der Waals surface area contributed by atoms with E-state index in [1.165, 1.54) is 56.4 Å². The molecule has 3 saturated carbocycles. The Balaban J connectivity index is 1.14. The molecule has 6 nitrogen and oxygen atoms in total. The molecule has 0 spiro atoms. The third-order valence-electron chi connectivity index (χ3n) is 10.8. The van der Waals surface area contributed by atoms with Gasteiger partial charge in [-0.15, -0.1) is 23.5 Å². The van der Waals surface area contributed by atoms with Crippen LogP contribution in [0.3, 0.4) is 0 Å². The molecule has 2 aliphatic heterocycles. The van der Waals surface area contributed by atoms with Gasteiger partial charge in [0.1, 0.15) is 11.5 Å². The third-order valence-corrected chi connectivity index (χ3v) is 15.9. The van der Waals surface area contributed by atoms with E-state index in [0.29, 0.717) is 46.0 Å². The summed E-state index contributed by atoms with van der Waals surface area (Å²) in [5.41, 5.74) is 2.59. The predicted molar refractivity (Wildman–Crippen MR) is 169 cm³/mol. The van der Waals surface area contributed by atoms with E-state index >= 15 is 0 Å². The van der Waals surface area contributed by atoms with Crippen LogP contribution in [0.5, 0.6) is 11.5 Å². The lowest BCUT2D eigenvalue weighted by molar-refractivity contribution is 0.148. The van der Waals surface area contributed by atoms with Crippen LogP contribution >= 0.6 is 46.2 Å². The van der Waals surface area contributed by atoms with Crippen molar-refractivity contribution in [2.24, 2.45) is 35.5 Å². The van der Waals surface area contributed by atoms with Crippen LogP contribution in [-0.2, 0) is 0 Å². The first-order chi connectivity index (χ1) is 20.5. The van der Waals surface area contributed by atoms with Gasteiger partial charge < -0.3 is 19.4 Å². The molecule has 0 unspecified atom stereocenters. The van der Waals surface area contributed by atoms with E-state index in [4.69, 9.17) is 9.47 Å². The molecule has 0 saturated heterocycles. The fraction of sp³-hybridized carbons (Fsp3) is 0.438. The van der Waals surface area contributed by atoms with Gasteiger partial charge in [-0.05, 0) is 83.7 Å². The van der Waals surface area contributed by atoms with Gasteiger partial charge in [-0.3, -0.25) is 9.59 Å². The number of benzene rings is 2. The molecule has 3 aliphatic carbocycles. The fourth-order valence-electron chi connectivity index (χ4n) is 9.56. The van der Waals surface area contributed by atoms with Gasteiger partial charge in [0.25, 0.3) is 0 Å². The number of aromatic amines is 2. The van der Waals surface area contributed by atoms with Gasteiger partial charge in [0.05, 0.1) is 24.3 Å². The van der Waals surface area contributed by atoms with E-state index in [0.717, 1.165) is 21.6 Å². The van der Waals surface area contributed by atoms with E-state index in [-0.39, 0.29) is 21.6 Å². The number of H-pyrrole nitrogens is 2. The first-order valence-electron chi connectivity index (χ1n) is 14.6. The summed E-state index contributed by atoms with van der Waals surface area (Å²) >= 11 is 6.70. The maximum atomic E-state index is 12.7. The Bertz CT molecular complexity index is 1790. The zero-order chi connectivity index (χ0) is 28.3. The highest BCUT2D eigenvalue weighted by Gasteiger charge is 2.68. The maximum Gasteiger partial charge on any atom is 0.305 e. The summed E-state index contributed by atoms with van der Waals surface area (Å²) in [6, 6.07) is 17.1. The molecule has 0 radical (unpaired) electrons. The number of aromatic nitrogens is 2. The van der Waals surface area contributed by atoms with Crippen LogP contribution in [0.4, 0.5) is 0 Å². The van der Waals surface area contributed by atoms with E-state index in [1.807, 2.05) is 23.5 Å². The second kappa shape index (κ2) is 9.55. The molecule has 9 rings (SSSR count). The number of hydrogen-bond donors (Lipinski definition) is 2. The molecule has 4 aromatic rings. The average Bonchev–Trinajstić information content (AvgIpc) is 3.81. The minimum absolute atomic E-state index is 0.0506. The Morgan fingerprint density at radius 2 is 1.17 bits per heavy atom. The van der Waals surface area contributed by atoms with Gasteiger partial charge in [0.15, 0.2) is 0 Å². The number of thioether (sulfide) groups is 2. The summed E-state index contributed by atoms with van der Waals surface area (Å²) in [6.45, 7) is 0. The maximum absolute atomic E-state index is 12.7. The lowest BCUT2D eigenvalue weighted by Gasteiger charge is -2.46. The van der Waals surface area contributed by atoms with Crippen molar-refractivity contribution in [2.45, 2.75) is 45.2 Å². The first-order valence-corrected chi connectivity index (χ1v) is 18.0. The van der Waals surface area contributed by atoms with Gasteiger partial charge in [0, 0.05) is 32.1 Å².